The van der Waals surface area contributed by atoms with Gasteiger partial charge in [0.15, 0.2) is 0 Å². The molecule has 1 fully saturated rings. The second-order valence-electron chi connectivity index (χ2n) is 6.44. The van der Waals surface area contributed by atoms with Crippen LogP contribution in [0.2, 0.25) is 5.02 Å². The summed E-state index contributed by atoms with van der Waals surface area (Å²) in [6.07, 6.45) is 3.10. The summed E-state index contributed by atoms with van der Waals surface area (Å²) in [7, 11) is 1.74. The number of benzene rings is 1. The summed E-state index contributed by atoms with van der Waals surface area (Å²) in [5, 5.41) is 4.23. The molecule has 4 rings (SSSR count). The fraction of sp³-hybridized carbons (Fsp3) is 0.263. The fourth-order valence-electron chi connectivity index (χ4n) is 3.23. The van der Waals surface area contributed by atoms with E-state index in [4.69, 9.17) is 16.6 Å². The van der Waals surface area contributed by atoms with Crippen molar-refractivity contribution < 1.29 is 0 Å². The first-order valence-corrected chi connectivity index (χ1v) is 9.08. The van der Waals surface area contributed by atoms with Crippen LogP contribution in [0.5, 0.6) is 0 Å². The Morgan fingerprint density at radius 1 is 1.19 bits per heavy atom. The largest absolute Gasteiger partial charge is 0.339 e. The van der Waals surface area contributed by atoms with Gasteiger partial charge in [-0.2, -0.15) is 0 Å². The Balaban J connectivity index is 1.67. The molecule has 1 saturated heterocycles. The van der Waals surface area contributed by atoms with E-state index in [1.807, 2.05) is 24.3 Å². The van der Waals surface area contributed by atoms with Crippen molar-refractivity contribution in [2.24, 2.45) is 7.05 Å². The highest BCUT2D eigenvalue weighted by atomic mass is 35.5. The minimum Gasteiger partial charge on any atom is -0.339 e. The minimum atomic E-state index is -0.116. The first-order valence-electron chi connectivity index (χ1n) is 8.70. The van der Waals surface area contributed by atoms with E-state index >= 15 is 0 Å². The molecule has 7 nitrogen and oxygen atoms in total. The fourth-order valence-corrected chi connectivity index (χ4v) is 3.36. The highest BCUT2D eigenvalue weighted by Gasteiger charge is 2.24. The Labute approximate surface area is 161 Å². The molecule has 138 valence electrons. The second-order valence-corrected chi connectivity index (χ2v) is 6.87. The molecule has 3 aromatic rings. The lowest BCUT2D eigenvalue weighted by Crippen LogP contribution is -2.47. The molecule has 0 amide bonds. The van der Waals surface area contributed by atoms with Gasteiger partial charge in [-0.15, -0.1) is 0 Å². The Hall–Kier alpha value is -2.77. The van der Waals surface area contributed by atoms with Gasteiger partial charge >= 0.3 is 0 Å². The van der Waals surface area contributed by atoms with Crippen LogP contribution in [0.15, 0.2) is 53.7 Å². The highest BCUT2D eigenvalue weighted by Crippen LogP contribution is 2.23. The number of nitrogens with zero attached hydrogens (tertiary/aromatic N) is 5. The van der Waals surface area contributed by atoms with Gasteiger partial charge in [-0.1, -0.05) is 23.7 Å². The number of nitrogens with one attached hydrogen (secondary N) is 1. The maximum atomic E-state index is 12.5. The number of hydrogen-bond donors (Lipinski definition) is 1. The Morgan fingerprint density at radius 2 is 2.00 bits per heavy atom. The standard InChI is InChI=1S/C19H19ClN6O/c1-25-18(27)10-16(15-6-7-21-12-23-15)24-19(25)26-9-8-22-17(11-26)13-2-4-14(20)5-3-13/h2-7,10,12,17,22H,8-9,11H2,1H3/t17-/m1/s1. The molecule has 27 heavy (non-hydrogen) atoms. The van der Waals surface area contributed by atoms with Gasteiger partial charge in [0.05, 0.1) is 11.4 Å². The first kappa shape index (κ1) is 17.6. The first-order chi connectivity index (χ1) is 13.1. The van der Waals surface area contributed by atoms with Crippen LogP contribution in [0.25, 0.3) is 11.4 Å². The summed E-state index contributed by atoms with van der Waals surface area (Å²) in [6, 6.07) is 11.2. The zero-order chi connectivity index (χ0) is 18.8. The third kappa shape index (κ3) is 3.70. The van der Waals surface area contributed by atoms with E-state index in [1.54, 1.807) is 23.9 Å². The van der Waals surface area contributed by atoms with E-state index in [9.17, 15) is 4.79 Å². The molecule has 0 aliphatic carbocycles. The van der Waals surface area contributed by atoms with Gasteiger partial charge in [0.25, 0.3) is 5.56 Å². The van der Waals surface area contributed by atoms with E-state index in [0.29, 0.717) is 28.9 Å². The Kier molecular flexibility index (Phi) is 4.87. The van der Waals surface area contributed by atoms with Crippen molar-refractivity contribution in [2.45, 2.75) is 6.04 Å². The van der Waals surface area contributed by atoms with Crippen molar-refractivity contribution >= 4 is 17.5 Å². The van der Waals surface area contributed by atoms with Crippen LogP contribution in [-0.2, 0) is 7.05 Å². The Morgan fingerprint density at radius 3 is 2.74 bits per heavy atom. The Bertz CT molecular complexity index is 989. The quantitative estimate of drug-likeness (QED) is 0.747. The molecule has 1 N–H and O–H groups in total. The van der Waals surface area contributed by atoms with E-state index in [-0.39, 0.29) is 11.6 Å². The monoisotopic (exact) mass is 382 g/mol. The number of halogens is 1. The average molecular weight is 383 g/mol. The normalized spacial score (nSPS) is 17.1. The zero-order valence-electron chi connectivity index (χ0n) is 14.8. The van der Waals surface area contributed by atoms with Crippen molar-refractivity contribution in [1.29, 1.82) is 0 Å². The zero-order valence-corrected chi connectivity index (χ0v) is 15.6. The molecule has 0 spiro atoms. The number of anilines is 1. The number of aromatic nitrogens is 4. The van der Waals surface area contributed by atoms with Gasteiger partial charge in [0.2, 0.25) is 5.95 Å². The van der Waals surface area contributed by atoms with E-state index in [1.165, 1.54) is 12.4 Å². The molecule has 1 atom stereocenters. The maximum absolute atomic E-state index is 12.5. The SMILES string of the molecule is Cn1c(N2CCN[C@@H](c3ccc(Cl)cc3)C2)nc(-c2ccncn2)cc1=O. The van der Waals surface area contributed by atoms with Gasteiger partial charge in [0, 0.05) is 50.0 Å². The molecule has 1 aromatic carbocycles. The van der Waals surface area contributed by atoms with E-state index in [2.05, 4.69) is 20.2 Å². The molecule has 1 aliphatic rings. The predicted molar refractivity (Wildman–Crippen MR) is 105 cm³/mol. The molecule has 1 aliphatic heterocycles. The van der Waals surface area contributed by atoms with Crippen LogP contribution < -0.4 is 15.8 Å². The average Bonchev–Trinajstić information content (AvgIpc) is 2.71. The summed E-state index contributed by atoms with van der Waals surface area (Å²) in [6.45, 7) is 2.26. The molecule has 3 heterocycles. The molecule has 0 saturated carbocycles. The lowest BCUT2D eigenvalue weighted by atomic mass is 10.0. The van der Waals surface area contributed by atoms with Crippen LogP contribution in [0.1, 0.15) is 11.6 Å². The van der Waals surface area contributed by atoms with Crippen molar-refractivity contribution in [3.05, 3.63) is 69.9 Å². The van der Waals surface area contributed by atoms with Gasteiger partial charge in [0.1, 0.15) is 6.33 Å². The number of piperazine rings is 1. The van der Waals surface area contributed by atoms with Crippen molar-refractivity contribution in [2.75, 3.05) is 24.5 Å². The summed E-state index contributed by atoms with van der Waals surface area (Å²) in [5.41, 5.74) is 2.22. The van der Waals surface area contributed by atoms with Crippen LogP contribution >= 0.6 is 11.6 Å². The second kappa shape index (κ2) is 7.46. The summed E-state index contributed by atoms with van der Waals surface area (Å²) >= 11 is 6.00. The molecule has 0 bridgehead atoms. The molecular formula is C19H19ClN6O. The molecule has 2 aromatic heterocycles. The maximum Gasteiger partial charge on any atom is 0.255 e. The third-order valence-corrected chi connectivity index (χ3v) is 4.94. The van der Waals surface area contributed by atoms with Crippen LogP contribution in [0.3, 0.4) is 0 Å². The van der Waals surface area contributed by atoms with Gasteiger partial charge in [-0.3, -0.25) is 9.36 Å². The van der Waals surface area contributed by atoms with Crippen LogP contribution in [0, 0.1) is 0 Å². The van der Waals surface area contributed by atoms with Crippen LogP contribution in [0.4, 0.5) is 5.95 Å². The topological polar surface area (TPSA) is 75.9 Å². The number of hydrogen-bond acceptors (Lipinski definition) is 6. The predicted octanol–water partition coefficient (Wildman–Crippen LogP) is 2.04. The van der Waals surface area contributed by atoms with Crippen LogP contribution in [-0.4, -0.2) is 39.2 Å². The van der Waals surface area contributed by atoms with Gasteiger partial charge < -0.3 is 10.2 Å². The van der Waals surface area contributed by atoms with Crippen molar-refractivity contribution in [1.82, 2.24) is 24.8 Å². The lowest BCUT2D eigenvalue weighted by molar-refractivity contribution is 0.462. The molecule has 0 radical (unpaired) electrons. The smallest absolute Gasteiger partial charge is 0.255 e. The van der Waals surface area contributed by atoms with E-state index in [0.717, 1.165) is 18.7 Å². The molecule has 8 heteroatoms. The lowest BCUT2D eigenvalue weighted by Gasteiger charge is -2.35. The summed E-state index contributed by atoms with van der Waals surface area (Å²) < 4.78 is 1.58. The van der Waals surface area contributed by atoms with Crippen molar-refractivity contribution in [3.8, 4) is 11.4 Å². The van der Waals surface area contributed by atoms with Gasteiger partial charge in [-0.05, 0) is 23.8 Å². The van der Waals surface area contributed by atoms with Crippen molar-refractivity contribution in [3.63, 3.8) is 0 Å². The minimum absolute atomic E-state index is 0.116. The highest BCUT2D eigenvalue weighted by molar-refractivity contribution is 6.30. The summed E-state index contributed by atoms with van der Waals surface area (Å²) in [5.74, 6) is 0.636. The van der Waals surface area contributed by atoms with Gasteiger partial charge in [-0.25, -0.2) is 15.0 Å². The molecular weight excluding hydrogens is 364 g/mol. The number of rotatable bonds is 3. The molecule has 0 unspecified atom stereocenters. The third-order valence-electron chi connectivity index (χ3n) is 4.69. The summed E-state index contributed by atoms with van der Waals surface area (Å²) in [4.78, 5) is 27.5. The van der Waals surface area contributed by atoms with E-state index < -0.39 is 0 Å².